The number of carboxylic acids is 1. The Bertz CT molecular complexity index is 2160. The average Bonchev–Trinajstić information content (AvgIpc) is 3.78. The van der Waals surface area contributed by atoms with Gasteiger partial charge in [0.15, 0.2) is 0 Å². The first kappa shape index (κ1) is 30.3. The van der Waals surface area contributed by atoms with Crippen LogP contribution in [0.3, 0.4) is 0 Å². The summed E-state index contributed by atoms with van der Waals surface area (Å²) in [6.07, 6.45) is 6.34. The lowest BCUT2D eigenvalue weighted by Gasteiger charge is -2.27. The summed E-state index contributed by atoms with van der Waals surface area (Å²) in [6, 6.07) is 12.1. The van der Waals surface area contributed by atoms with Crippen molar-refractivity contribution < 1.29 is 32.9 Å². The number of fused-ring (bicyclic) bond motifs is 1. The van der Waals surface area contributed by atoms with Crippen molar-refractivity contribution in [2.24, 2.45) is 0 Å². The molecule has 244 valence electrons. The van der Waals surface area contributed by atoms with Gasteiger partial charge in [0.05, 0.1) is 65.3 Å². The van der Waals surface area contributed by atoms with Gasteiger partial charge in [-0.05, 0) is 48.4 Å². The van der Waals surface area contributed by atoms with Gasteiger partial charge in [-0.1, -0.05) is 6.07 Å². The van der Waals surface area contributed by atoms with Crippen LogP contribution in [0, 0.1) is 11.6 Å². The zero-order valence-corrected chi connectivity index (χ0v) is 26.2. The molecule has 1 atom stereocenters. The van der Waals surface area contributed by atoms with E-state index in [-0.39, 0.29) is 53.4 Å². The van der Waals surface area contributed by atoms with Gasteiger partial charge in [-0.15, -0.1) is 11.3 Å². The largest absolute Gasteiger partial charge is 0.478 e. The minimum atomic E-state index is -1.06. The van der Waals surface area contributed by atoms with E-state index in [1.165, 1.54) is 17.4 Å². The number of hydrogen-bond acceptors (Lipinski definition) is 9. The summed E-state index contributed by atoms with van der Waals surface area (Å²) >= 11 is 1.48. The average molecular weight is 671 g/mol. The second-order valence-corrected chi connectivity index (χ2v) is 12.8. The van der Waals surface area contributed by atoms with Gasteiger partial charge in [0.2, 0.25) is 5.88 Å². The minimum Gasteiger partial charge on any atom is -0.478 e. The lowest BCUT2D eigenvalue weighted by Crippen LogP contribution is -2.31. The van der Waals surface area contributed by atoms with Gasteiger partial charge in [0.25, 0.3) is 0 Å². The number of carbonyl (C=O) groups is 1. The highest BCUT2D eigenvalue weighted by Crippen LogP contribution is 2.31. The Labute approximate surface area is 276 Å². The number of pyridine rings is 1. The van der Waals surface area contributed by atoms with Crippen molar-refractivity contribution >= 4 is 28.3 Å². The smallest absolute Gasteiger partial charge is 0.335 e. The Balaban J connectivity index is 0.992. The Hall–Kier alpha value is -5.05. The molecule has 2 saturated heterocycles. The van der Waals surface area contributed by atoms with Crippen LogP contribution in [-0.4, -0.2) is 66.3 Å². The topological polar surface area (TPSA) is 126 Å². The van der Waals surface area contributed by atoms with E-state index in [4.69, 9.17) is 14.2 Å². The summed E-state index contributed by atoms with van der Waals surface area (Å²) in [4.78, 5) is 26.1. The van der Waals surface area contributed by atoms with Crippen LogP contribution >= 0.6 is 11.3 Å². The maximum absolute atomic E-state index is 15.6. The fourth-order valence-electron chi connectivity index (χ4n) is 5.70. The van der Waals surface area contributed by atoms with Crippen LogP contribution in [0.15, 0.2) is 67.1 Å². The highest BCUT2D eigenvalue weighted by Gasteiger charge is 2.24. The monoisotopic (exact) mass is 670 g/mol. The zero-order valence-electron chi connectivity index (χ0n) is 25.4. The van der Waals surface area contributed by atoms with E-state index in [2.05, 4.69) is 20.1 Å². The minimum absolute atomic E-state index is 0.00496. The number of halogens is 2. The third kappa shape index (κ3) is 5.93. The molecule has 14 heteroatoms. The van der Waals surface area contributed by atoms with Crippen molar-refractivity contribution in [1.29, 1.82) is 0 Å². The van der Waals surface area contributed by atoms with Gasteiger partial charge in [-0.3, -0.25) is 4.68 Å². The van der Waals surface area contributed by atoms with Crippen LogP contribution in [0.1, 0.15) is 39.2 Å². The molecule has 8 rings (SSSR count). The molecular formula is C34H28F2N6O5S. The number of imidazole rings is 1. The number of nitrogens with zero attached hydrogens (tertiary/aromatic N) is 6. The van der Waals surface area contributed by atoms with Gasteiger partial charge >= 0.3 is 5.97 Å². The number of thiazole rings is 1. The summed E-state index contributed by atoms with van der Waals surface area (Å²) in [5.74, 6) is -1.59. The van der Waals surface area contributed by atoms with Crippen LogP contribution in [0.4, 0.5) is 8.78 Å². The number of benzene rings is 2. The third-order valence-corrected chi connectivity index (χ3v) is 9.54. The first-order valence-corrected chi connectivity index (χ1v) is 16.2. The van der Waals surface area contributed by atoms with Crippen molar-refractivity contribution in [1.82, 2.24) is 29.3 Å². The highest BCUT2D eigenvalue weighted by molar-refractivity contribution is 7.15. The molecule has 2 aliphatic rings. The number of carboxylic acid groups (broad SMARTS) is 1. The fourth-order valence-corrected chi connectivity index (χ4v) is 6.50. The molecule has 0 aliphatic carbocycles. The third-order valence-electron chi connectivity index (χ3n) is 8.52. The van der Waals surface area contributed by atoms with E-state index in [0.29, 0.717) is 43.2 Å². The van der Waals surface area contributed by atoms with Crippen molar-refractivity contribution in [3.63, 3.8) is 0 Å². The summed E-state index contributed by atoms with van der Waals surface area (Å²) in [6.45, 7) is 2.55. The van der Waals surface area contributed by atoms with Gasteiger partial charge in [-0.2, -0.15) is 5.10 Å². The van der Waals surface area contributed by atoms with Gasteiger partial charge in [0.1, 0.15) is 29.1 Å². The molecule has 0 spiro atoms. The first-order valence-electron chi connectivity index (χ1n) is 15.4. The lowest BCUT2D eigenvalue weighted by atomic mass is 10.0. The molecule has 11 nitrogen and oxygen atoms in total. The standard InChI is InChI=1S/C34H28F2N6O5S/c35-25-11-24(26(36)8-20(25)10-31-39-28-5-4-19(34(43)44)9-29(28)41(31)15-23-6-7-46-23)27-2-1-3-32(40-27)47-18-33-37-13-30(48-33)21-12-38-42(14-21)22-16-45-17-22/h1-5,8-9,11-14,22-23H,6-7,10,15-18H2,(H,43,44)/t23-/m0/s1. The predicted molar refractivity (Wildman–Crippen MR) is 171 cm³/mol. The van der Waals surface area contributed by atoms with E-state index in [1.54, 1.807) is 42.7 Å². The molecule has 6 aromatic rings. The molecule has 1 N–H and O–H groups in total. The Morgan fingerprint density at radius 3 is 2.73 bits per heavy atom. The highest BCUT2D eigenvalue weighted by atomic mass is 32.1. The molecule has 4 aromatic heterocycles. The Morgan fingerprint density at radius 1 is 1.08 bits per heavy atom. The van der Waals surface area contributed by atoms with Gasteiger partial charge in [0, 0.05) is 42.6 Å². The molecule has 0 unspecified atom stereocenters. The van der Waals surface area contributed by atoms with Crippen LogP contribution in [0.2, 0.25) is 0 Å². The van der Waals surface area contributed by atoms with Crippen molar-refractivity contribution in [3.05, 3.63) is 101 Å². The Kier molecular flexibility index (Phi) is 7.90. The normalized spacial score (nSPS) is 16.2. The molecule has 0 saturated carbocycles. The number of rotatable bonds is 11. The van der Waals surface area contributed by atoms with E-state index in [9.17, 15) is 9.90 Å². The summed E-state index contributed by atoms with van der Waals surface area (Å²) in [5, 5.41) is 14.7. The van der Waals surface area contributed by atoms with E-state index < -0.39 is 17.6 Å². The molecule has 0 radical (unpaired) electrons. The maximum atomic E-state index is 15.6. The molecule has 0 amide bonds. The second kappa shape index (κ2) is 12.5. The van der Waals surface area contributed by atoms with Crippen LogP contribution in [0.5, 0.6) is 5.88 Å². The summed E-state index contributed by atoms with van der Waals surface area (Å²) < 4.78 is 51.6. The van der Waals surface area contributed by atoms with Gasteiger partial charge < -0.3 is 23.9 Å². The number of aromatic carboxylic acids is 1. The van der Waals surface area contributed by atoms with E-state index in [1.807, 2.05) is 15.4 Å². The van der Waals surface area contributed by atoms with Crippen molar-refractivity contribution in [2.45, 2.75) is 38.1 Å². The van der Waals surface area contributed by atoms with E-state index in [0.717, 1.165) is 34.0 Å². The van der Waals surface area contributed by atoms with Gasteiger partial charge in [-0.25, -0.2) is 28.5 Å². The maximum Gasteiger partial charge on any atom is 0.335 e. The fraction of sp³-hybridized carbons (Fsp3) is 0.265. The first-order chi connectivity index (χ1) is 23.4. The van der Waals surface area contributed by atoms with Crippen LogP contribution in [0.25, 0.3) is 32.7 Å². The predicted octanol–water partition coefficient (Wildman–Crippen LogP) is 5.92. The van der Waals surface area contributed by atoms with Crippen molar-refractivity contribution in [3.8, 4) is 27.6 Å². The molecular weight excluding hydrogens is 642 g/mol. The SMILES string of the molecule is O=C(O)c1ccc2nc(Cc3cc(F)c(-c4cccc(OCc5ncc(-c6cnn(C7COC7)c6)s5)n4)cc3F)n(C[C@@H]3CCO3)c2c1. The molecule has 0 bridgehead atoms. The van der Waals surface area contributed by atoms with Crippen LogP contribution < -0.4 is 4.74 Å². The molecule has 6 heterocycles. The second-order valence-electron chi connectivity index (χ2n) is 11.7. The molecule has 2 aliphatic heterocycles. The number of ether oxygens (including phenoxy) is 3. The summed E-state index contributed by atoms with van der Waals surface area (Å²) in [5.41, 5.74) is 2.57. The summed E-state index contributed by atoms with van der Waals surface area (Å²) in [7, 11) is 0. The Morgan fingerprint density at radius 2 is 1.96 bits per heavy atom. The zero-order chi connectivity index (χ0) is 32.8. The van der Waals surface area contributed by atoms with Crippen molar-refractivity contribution in [2.75, 3.05) is 19.8 Å². The number of hydrogen-bond donors (Lipinski definition) is 1. The molecule has 2 aromatic carbocycles. The number of aromatic nitrogens is 6. The molecule has 48 heavy (non-hydrogen) atoms. The van der Waals surface area contributed by atoms with E-state index >= 15 is 8.78 Å². The lowest BCUT2D eigenvalue weighted by molar-refractivity contribution is -0.0589. The van der Waals surface area contributed by atoms with Crippen LogP contribution in [-0.2, 0) is 29.0 Å². The molecule has 2 fully saturated rings. The quantitative estimate of drug-likeness (QED) is 0.179.